The van der Waals surface area contributed by atoms with Gasteiger partial charge in [-0.25, -0.2) is 0 Å². The second-order valence-corrected chi connectivity index (χ2v) is 5.18. The van der Waals surface area contributed by atoms with Crippen molar-refractivity contribution in [2.75, 3.05) is 0 Å². The average Bonchev–Trinajstić information content (AvgIpc) is 1.93. The van der Waals surface area contributed by atoms with Crippen molar-refractivity contribution in [3.8, 4) is 6.07 Å². The van der Waals surface area contributed by atoms with Crippen LogP contribution in [0.5, 0.6) is 0 Å². The van der Waals surface area contributed by atoms with E-state index in [1.165, 1.54) is 12.8 Å². The van der Waals surface area contributed by atoms with Crippen molar-refractivity contribution in [2.45, 2.75) is 47.0 Å². The third kappa shape index (κ3) is 1.73. The zero-order chi connectivity index (χ0) is 10.1. The Kier molecular flexibility index (Phi) is 3.01. The molecule has 1 aliphatic rings. The van der Waals surface area contributed by atoms with Crippen molar-refractivity contribution in [3.63, 3.8) is 0 Å². The first-order valence-corrected chi connectivity index (χ1v) is 5.40. The molecule has 74 valence electrons. The monoisotopic (exact) mass is 179 g/mol. The summed E-state index contributed by atoms with van der Waals surface area (Å²) in [4.78, 5) is 0. The molecule has 1 heteroatoms. The van der Waals surface area contributed by atoms with E-state index in [-0.39, 0.29) is 0 Å². The molecular formula is C12H21N. The summed E-state index contributed by atoms with van der Waals surface area (Å²) in [5, 5.41) is 8.60. The van der Waals surface area contributed by atoms with Crippen molar-refractivity contribution in [2.24, 2.45) is 23.2 Å². The molecular weight excluding hydrogens is 158 g/mol. The Morgan fingerprint density at radius 2 is 1.69 bits per heavy atom. The van der Waals surface area contributed by atoms with Gasteiger partial charge in [-0.1, -0.05) is 27.7 Å². The molecule has 0 saturated heterocycles. The van der Waals surface area contributed by atoms with Crippen LogP contribution >= 0.6 is 0 Å². The molecule has 0 amide bonds. The zero-order valence-corrected chi connectivity index (χ0v) is 9.30. The molecule has 0 aromatic heterocycles. The summed E-state index contributed by atoms with van der Waals surface area (Å²) in [7, 11) is 0. The lowest BCUT2D eigenvalue weighted by molar-refractivity contribution is -0.0370. The normalized spacial score (nSPS) is 21.6. The minimum Gasteiger partial charge on any atom is -0.198 e. The molecule has 1 rings (SSSR count). The Morgan fingerprint density at radius 3 is 2.00 bits per heavy atom. The van der Waals surface area contributed by atoms with E-state index in [0.717, 1.165) is 18.3 Å². The van der Waals surface area contributed by atoms with Crippen LogP contribution in [-0.4, -0.2) is 0 Å². The molecule has 0 spiro atoms. The fourth-order valence-corrected chi connectivity index (χ4v) is 2.90. The van der Waals surface area contributed by atoms with E-state index in [1.54, 1.807) is 0 Å². The predicted molar refractivity (Wildman–Crippen MR) is 55.1 cm³/mol. The molecule has 0 N–H and O–H groups in total. The van der Waals surface area contributed by atoms with Crippen LogP contribution in [0.15, 0.2) is 0 Å². The Bertz CT molecular complexity index is 194. The highest BCUT2D eigenvalue weighted by Gasteiger charge is 2.47. The molecule has 1 saturated carbocycles. The van der Waals surface area contributed by atoms with Gasteiger partial charge >= 0.3 is 0 Å². The first-order chi connectivity index (χ1) is 6.03. The number of rotatable bonds is 3. The Balaban J connectivity index is 2.54. The summed E-state index contributed by atoms with van der Waals surface area (Å²) in [6.45, 7) is 9.29. The van der Waals surface area contributed by atoms with Gasteiger partial charge in [0.1, 0.15) is 0 Å². The van der Waals surface area contributed by atoms with E-state index >= 15 is 0 Å². The van der Waals surface area contributed by atoms with Crippen LogP contribution in [0.2, 0.25) is 0 Å². The van der Waals surface area contributed by atoms with Gasteiger partial charge in [0.15, 0.2) is 0 Å². The quantitative estimate of drug-likeness (QED) is 0.649. The van der Waals surface area contributed by atoms with E-state index in [2.05, 4.69) is 33.8 Å². The van der Waals surface area contributed by atoms with E-state index in [0.29, 0.717) is 11.3 Å². The highest BCUT2D eigenvalue weighted by Crippen LogP contribution is 2.56. The summed E-state index contributed by atoms with van der Waals surface area (Å²) < 4.78 is 0. The molecule has 0 bridgehead atoms. The topological polar surface area (TPSA) is 23.8 Å². The van der Waals surface area contributed by atoms with E-state index < -0.39 is 0 Å². The molecule has 0 unspecified atom stereocenters. The first kappa shape index (κ1) is 10.6. The van der Waals surface area contributed by atoms with Crippen LogP contribution in [-0.2, 0) is 0 Å². The van der Waals surface area contributed by atoms with Crippen LogP contribution in [0, 0.1) is 34.5 Å². The fourth-order valence-electron chi connectivity index (χ4n) is 2.90. The van der Waals surface area contributed by atoms with Gasteiger partial charge in [-0.15, -0.1) is 0 Å². The molecule has 0 aliphatic heterocycles. The van der Waals surface area contributed by atoms with Crippen molar-refractivity contribution in [1.29, 1.82) is 5.26 Å². The van der Waals surface area contributed by atoms with E-state index in [1.807, 2.05) is 0 Å². The third-order valence-corrected chi connectivity index (χ3v) is 4.02. The minimum atomic E-state index is 0.543. The lowest BCUT2D eigenvalue weighted by Gasteiger charge is -2.53. The SMILES string of the molecule is CC(C)C1(C(C)C)CC(CC#N)C1. The summed E-state index contributed by atoms with van der Waals surface area (Å²) in [6.07, 6.45) is 3.31. The Labute approximate surface area is 82.1 Å². The van der Waals surface area contributed by atoms with Gasteiger partial charge in [0.05, 0.1) is 6.07 Å². The molecule has 0 heterocycles. The number of nitriles is 1. The van der Waals surface area contributed by atoms with Crippen LogP contribution in [0.25, 0.3) is 0 Å². The number of hydrogen-bond donors (Lipinski definition) is 0. The maximum Gasteiger partial charge on any atom is 0.0624 e. The molecule has 0 radical (unpaired) electrons. The standard InChI is InChI=1S/C12H21N/c1-9(2)12(10(3)4)7-11(8-12)5-6-13/h9-11H,5,7-8H2,1-4H3. The minimum absolute atomic E-state index is 0.543. The molecule has 1 fully saturated rings. The summed E-state index contributed by atoms with van der Waals surface area (Å²) in [5.41, 5.74) is 0.543. The van der Waals surface area contributed by atoms with Gasteiger partial charge < -0.3 is 0 Å². The lowest BCUT2D eigenvalue weighted by Crippen LogP contribution is -2.45. The molecule has 13 heavy (non-hydrogen) atoms. The Hall–Kier alpha value is -0.510. The molecule has 0 aromatic carbocycles. The first-order valence-electron chi connectivity index (χ1n) is 5.40. The second-order valence-electron chi connectivity index (χ2n) is 5.18. The average molecular weight is 179 g/mol. The number of hydrogen-bond acceptors (Lipinski definition) is 1. The van der Waals surface area contributed by atoms with Crippen LogP contribution in [0.3, 0.4) is 0 Å². The maximum atomic E-state index is 8.60. The summed E-state index contributed by atoms with van der Waals surface area (Å²) in [6, 6.07) is 2.29. The predicted octanol–water partition coefficient (Wildman–Crippen LogP) is 3.61. The molecule has 1 nitrogen and oxygen atoms in total. The smallest absolute Gasteiger partial charge is 0.0624 e. The van der Waals surface area contributed by atoms with Crippen LogP contribution in [0.1, 0.15) is 47.0 Å². The molecule has 0 aromatic rings. The second kappa shape index (κ2) is 3.70. The van der Waals surface area contributed by atoms with Crippen molar-refractivity contribution < 1.29 is 0 Å². The van der Waals surface area contributed by atoms with Gasteiger partial charge in [-0.05, 0) is 36.0 Å². The van der Waals surface area contributed by atoms with Gasteiger partial charge in [-0.3, -0.25) is 0 Å². The maximum absolute atomic E-state index is 8.60. The highest BCUT2D eigenvalue weighted by molar-refractivity contribution is 4.99. The van der Waals surface area contributed by atoms with E-state index in [4.69, 9.17) is 5.26 Å². The number of nitrogens with zero attached hydrogens (tertiary/aromatic N) is 1. The third-order valence-electron chi connectivity index (χ3n) is 4.02. The van der Waals surface area contributed by atoms with Gasteiger partial charge in [0, 0.05) is 6.42 Å². The summed E-state index contributed by atoms with van der Waals surface area (Å²) in [5.74, 6) is 2.22. The van der Waals surface area contributed by atoms with E-state index in [9.17, 15) is 0 Å². The zero-order valence-electron chi connectivity index (χ0n) is 9.30. The van der Waals surface area contributed by atoms with Crippen molar-refractivity contribution in [3.05, 3.63) is 0 Å². The van der Waals surface area contributed by atoms with Gasteiger partial charge in [0.2, 0.25) is 0 Å². The van der Waals surface area contributed by atoms with Crippen molar-refractivity contribution in [1.82, 2.24) is 0 Å². The summed E-state index contributed by atoms with van der Waals surface area (Å²) >= 11 is 0. The van der Waals surface area contributed by atoms with Crippen LogP contribution in [0.4, 0.5) is 0 Å². The fraction of sp³-hybridized carbons (Fsp3) is 0.917. The van der Waals surface area contributed by atoms with Gasteiger partial charge in [0.25, 0.3) is 0 Å². The lowest BCUT2D eigenvalue weighted by atomic mass is 9.51. The largest absolute Gasteiger partial charge is 0.198 e. The Morgan fingerprint density at radius 1 is 1.23 bits per heavy atom. The van der Waals surface area contributed by atoms with Crippen LogP contribution < -0.4 is 0 Å². The molecule has 1 aliphatic carbocycles. The molecule has 0 atom stereocenters. The highest BCUT2D eigenvalue weighted by atomic mass is 14.5. The van der Waals surface area contributed by atoms with Gasteiger partial charge in [-0.2, -0.15) is 5.26 Å². The van der Waals surface area contributed by atoms with Crippen molar-refractivity contribution >= 4 is 0 Å².